The molecule has 0 spiro atoms. The Balaban J connectivity index is 1.43. The lowest BCUT2D eigenvalue weighted by Gasteiger charge is -2.36. The fourth-order valence-corrected chi connectivity index (χ4v) is 3.35. The molecule has 0 radical (unpaired) electrons. The highest BCUT2D eigenvalue weighted by Gasteiger charge is 2.22. The standard InChI is InChI=1S/C23H27FN2O3/c1-2-17-29-21-9-3-18(4-10-21)22(27)11-12-23(28)26-15-13-25(14-16-26)20-7-5-19(24)6-8-20/h3-10H,2,11-17H2,1H3. The predicted molar refractivity (Wildman–Crippen MR) is 111 cm³/mol. The van der Waals surface area contributed by atoms with E-state index in [9.17, 15) is 14.0 Å². The number of piperazine rings is 1. The number of Topliss-reactive ketones (excluding diaryl/α,β-unsaturated/α-hetero) is 1. The van der Waals surface area contributed by atoms with Gasteiger partial charge in [-0.25, -0.2) is 4.39 Å². The van der Waals surface area contributed by atoms with E-state index in [0.717, 1.165) is 17.9 Å². The van der Waals surface area contributed by atoms with Crippen molar-refractivity contribution in [1.29, 1.82) is 0 Å². The predicted octanol–water partition coefficient (Wildman–Crippen LogP) is 3.93. The quantitative estimate of drug-likeness (QED) is 0.633. The Morgan fingerprint density at radius 1 is 0.931 bits per heavy atom. The molecule has 0 N–H and O–H groups in total. The van der Waals surface area contributed by atoms with Gasteiger partial charge in [0.2, 0.25) is 5.91 Å². The van der Waals surface area contributed by atoms with Crippen molar-refractivity contribution in [3.05, 3.63) is 59.9 Å². The van der Waals surface area contributed by atoms with E-state index in [4.69, 9.17) is 4.74 Å². The van der Waals surface area contributed by atoms with Crippen molar-refractivity contribution in [2.75, 3.05) is 37.7 Å². The van der Waals surface area contributed by atoms with Gasteiger partial charge in [-0.2, -0.15) is 0 Å². The number of carbonyl (C=O) groups is 2. The lowest BCUT2D eigenvalue weighted by Crippen LogP contribution is -2.48. The number of halogens is 1. The summed E-state index contributed by atoms with van der Waals surface area (Å²) >= 11 is 0. The Bertz CT molecular complexity index is 813. The Kier molecular flexibility index (Phi) is 7.22. The summed E-state index contributed by atoms with van der Waals surface area (Å²) in [5, 5.41) is 0. The maximum absolute atomic E-state index is 13.1. The first-order chi connectivity index (χ1) is 14.1. The molecule has 2 aromatic carbocycles. The minimum absolute atomic E-state index is 0.00000500. The van der Waals surface area contributed by atoms with Crippen LogP contribution in [0.15, 0.2) is 48.5 Å². The van der Waals surface area contributed by atoms with Crippen molar-refractivity contribution in [3.63, 3.8) is 0 Å². The molecule has 0 unspecified atom stereocenters. The molecule has 1 amide bonds. The van der Waals surface area contributed by atoms with E-state index in [1.807, 2.05) is 6.92 Å². The summed E-state index contributed by atoms with van der Waals surface area (Å²) in [6.45, 7) is 5.30. The molecule has 0 bridgehead atoms. The normalized spacial score (nSPS) is 14.0. The molecule has 1 heterocycles. The van der Waals surface area contributed by atoms with Gasteiger partial charge < -0.3 is 14.5 Å². The maximum atomic E-state index is 13.1. The van der Waals surface area contributed by atoms with Crippen LogP contribution in [0.25, 0.3) is 0 Å². The van der Waals surface area contributed by atoms with Crippen molar-refractivity contribution in [1.82, 2.24) is 4.90 Å². The first kappa shape index (κ1) is 20.8. The Hall–Kier alpha value is -2.89. The number of ether oxygens (including phenoxy) is 1. The fraction of sp³-hybridized carbons (Fsp3) is 0.391. The van der Waals surface area contributed by atoms with E-state index in [2.05, 4.69) is 4.90 Å². The third-order valence-electron chi connectivity index (χ3n) is 5.04. The molecule has 1 saturated heterocycles. The molecule has 3 rings (SSSR count). The van der Waals surface area contributed by atoms with Gasteiger partial charge >= 0.3 is 0 Å². The van der Waals surface area contributed by atoms with Gasteiger partial charge in [0.25, 0.3) is 0 Å². The molecule has 1 fully saturated rings. The summed E-state index contributed by atoms with van der Waals surface area (Å²) in [4.78, 5) is 28.8. The van der Waals surface area contributed by atoms with Crippen LogP contribution in [0.1, 0.15) is 36.5 Å². The van der Waals surface area contributed by atoms with Gasteiger partial charge in [-0.1, -0.05) is 6.92 Å². The highest BCUT2D eigenvalue weighted by molar-refractivity contribution is 5.98. The van der Waals surface area contributed by atoms with Gasteiger partial charge in [0.1, 0.15) is 11.6 Å². The number of nitrogens with zero attached hydrogens (tertiary/aromatic N) is 2. The Morgan fingerprint density at radius 3 is 2.21 bits per heavy atom. The third kappa shape index (κ3) is 5.79. The highest BCUT2D eigenvalue weighted by atomic mass is 19.1. The number of amides is 1. The van der Waals surface area contributed by atoms with Crippen LogP contribution in [0.2, 0.25) is 0 Å². The van der Waals surface area contributed by atoms with Gasteiger partial charge in [-0.05, 0) is 55.0 Å². The zero-order valence-corrected chi connectivity index (χ0v) is 16.8. The zero-order valence-electron chi connectivity index (χ0n) is 16.8. The zero-order chi connectivity index (χ0) is 20.6. The molecule has 1 aliphatic rings. The van der Waals surface area contributed by atoms with E-state index in [-0.39, 0.29) is 30.3 Å². The van der Waals surface area contributed by atoms with Crippen LogP contribution in [0, 0.1) is 5.82 Å². The number of benzene rings is 2. The molecular weight excluding hydrogens is 371 g/mol. The van der Waals surface area contributed by atoms with Crippen LogP contribution in [-0.4, -0.2) is 49.4 Å². The molecule has 1 aliphatic heterocycles. The van der Waals surface area contributed by atoms with Crippen LogP contribution in [0.5, 0.6) is 5.75 Å². The number of hydrogen-bond acceptors (Lipinski definition) is 4. The van der Waals surface area contributed by atoms with Crippen molar-refractivity contribution in [3.8, 4) is 5.75 Å². The molecule has 6 heteroatoms. The minimum atomic E-state index is -0.254. The summed E-state index contributed by atoms with van der Waals surface area (Å²) in [6, 6.07) is 13.5. The first-order valence-corrected chi connectivity index (χ1v) is 10.1. The van der Waals surface area contributed by atoms with Crippen LogP contribution in [0.4, 0.5) is 10.1 Å². The maximum Gasteiger partial charge on any atom is 0.223 e. The molecule has 0 saturated carbocycles. The van der Waals surface area contributed by atoms with Gasteiger partial charge in [-0.3, -0.25) is 9.59 Å². The monoisotopic (exact) mass is 398 g/mol. The van der Waals surface area contributed by atoms with E-state index in [1.54, 1.807) is 41.3 Å². The first-order valence-electron chi connectivity index (χ1n) is 10.1. The molecule has 0 aliphatic carbocycles. The second-order valence-electron chi connectivity index (χ2n) is 7.14. The average molecular weight is 398 g/mol. The SMILES string of the molecule is CCCOc1ccc(C(=O)CCC(=O)N2CCN(c3ccc(F)cc3)CC2)cc1. The van der Waals surface area contributed by atoms with Crippen molar-refractivity contribution >= 4 is 17.4 Å². The van der Waals surface area contributed by atoms with Gasteiger partial charge in [0, 0.05) is 50.3 Å². The fourth-order valence-electron chi connectivity index (χ4n) is 3.35. The van der Waals surface area contributed by atoms with E-state index < -0.39 is 0 Å². The molecule has 0 atom stereocenters. The molecule has 29 heavy (non-hydrogen) atoms. The second-order valence-corrected chi connectivity index (χ2v) is 7.14. The van der Waals surface area contributed by atoms with Crippen molar-refractivity contribution in [2.24, 2.45) is 0 Å². The van der Waals surface area contributed by atoms with Crippen LogP contribution in [-0.2, 0) is 4.79 Å². The third-order valence-corrected chi connectivity index (χ3v) is 5.04. The summed E-state index contributed by atoms with van der Waals surface area (Å²) in [7, 11) is 0. The number of anilines is 1. The smallest absolute Gasteiger partial charge is 0.223 e. The summed E-state index contributed by atoms with van der Waals surface area (Å²) in [5.74, 6) is 0.458. The number of ketones is 1. The van der Waals surface area contributed by atoms with Gasteiger partial charge in [-0.15, -0.1) is 0 Å². The average Bonchev–Trinajstić information content (AvgIpc) is 2.77. The number of carbonyl (C=O) groups excluding carboxylic acids is 2. The second kappa shape index (κ2) is 10.0. The largest absolute Gasteiger partial charge is 0.494 e. The lowest BCUT2D eigenvalue weighted by molar-refractivity contribution is -0.131. The summed E-state index contributed by atoms with van der Waals surface area (Å²) in [6.07, 6.45) is 1.34. The number of rotatable bonds is 8. The van der Waals surface area contributed by atoms with E-state index in [1.165, 1.54) is 12.1 Å². The van der Waals surface area contributed by atoms with E-state index in [0.29, 0.717) is 38.3 Å². The van der Waals surface area contributed by atoms with E-state index >= 15 is 0 Å². The highest BCUT2D eigenvalue weighted by Crippen LogP contribution is 2.18. The summed E-state index contributed by atoms with van der Waals surface area (Å²) in [5.41, 5.74) is 1.56. The topological polar surface area (TPSA) is 49.9 Å². The van der Waals surface area contributed by atoms with Gasteiger partial charge in [0.15, 0.2) is 5.78 Å². The van der Waals surface area contributed by atoms with Gasteiger partial charge in [0.05, 0.1) is 6.61 Å². The van der Waals surface area contributed by atoms with Crippen LogP contribution >= 0.6 is 0 Å². The van der Waals surface area contributed by atoms with Crippen LogP contribution < -0.4 is 9.64 Å². The van der Waals surface area contributed by atoms with Crippen LogP contribution in [0.3, 0.4) is 0 Å². The Morgan fingerprint density at radius 2 is 1.59 bits per heavy atom. The molecule has 2 aromatic rings. The Labute approximate surface area is 171 Å². The molecular formula is C23H27FN2O3. The minimum Gasteiger partial charge on any atom is -0.494 e. The van der Waals surface area contributed by atoms with Crippen molar-refractivity contribution in [2.45, 2.75) is 26.2 Å². The van der Waals surface area contributed by atoms with Crippen molar-refractivity contribution < 1.29 is 18.7 Å². The number of hydrogen-bond donors (Lipinski definition) is 0. The molecule has 154 valence electrons. The molecule has 0 aromatic heterocycles. The summed E-state index contributed by atoms with van der Waals surface area (Å²) < 4.78 is 18.6. The molecule has 5 nitrogen and oxygen atoms in total. The lowest BCUT2D eigenvalue weighted by atomic mass is 10.1.